The topological polar surface area (TPSA) is 37.7 Å². The predicted octanol–water partition coefficient (Wildman–Crippen LogP) is 3.10. The molecule has 1 aromatic heterocycles. The number of alkyl halides is 3. The van der Waals surface area contributed by atoms with E-state index in [4.69, 9.17) is 0 Å². The van der Waals surface area contributed by atoms with Gasteiger partial charge in [-0.15, -0.1) is 0 Å². The number of hydrogen-bond donors (Lipinski definition) is 0. The summed E-state index contributed by atoms with van der Waals surface area (Å²) in [6.45, 7) is 6.11. The van der Waals surface area contributed by atoms with E-state index in [2.05, 4.69) is 4.98 Å². The van der Waals surface area contributed by atoms with Gasteiger partial charge in [0, 0.05) is 11.6 Å². The smallest absolute Gasteiger partial charge is 0.331 e. The van der Waals surface area contributed by atoms with E-state index in [-0.39, 0.29) is 5.91 Å². The highest BCUT2D eigenvalue weighted by Crippen LogP contribution is 2.28. The highest BCUT2D eigenvalue weighted by atomic mass is 19.4. The van der Waals surface area contributed by atoms with Gasteiger partial charge >= 0.3 is 6.18 Å². The van der Waals surface area contributed by atoms with Crippen molar-refractivity contribution < 1.29 is 22.9 Å². The molecule has 0 radical (unpaired) electrons. The Morgan fingerprint density at radius 3 is 2.12 bits per heavy atom. The summed E-state index contributed by atoms with van der Waals surface area (Å²) in [5.41, 5.74) is 2.07. The van der Waals surface area contributed by atoms with Gasteiger partial charge < -0.3 is 4.90 Å². The molecule has 26 heavy (non-hydrogen) atoms. The molecule has 1 amide bonds. The maximum Gasteiger partial charge on any atom is 0.419 e. The molecule has 7 heteroatoms. The van der Waals surface area contributed by atoms with E-state index in [1.165, 1.54) is 6.07 Å². The lowest BCUT2D eigenvalue weighted by atomic mass is 10.1. The molecule has 1 N–H and O–H groups in total. The van der Waals surface area contributed by atoms with E-state index in [0.717, 1.165) is 23.4 Å². The van der Waals surface area contributed by atoms with Crippen molar-refractivity contribution in [3.8, 4) is 0 Å². The summed E-state index contributed by atoms with van der Waals surface area (Å²) in [6.07, 6.45) is -3.38. The number of aromatic amines is 1. The predicted molar refractivity (Wildman–Crippen MR) is 92.0 cm³/mol. The maximum atomic E-state index is 12.7. The second-order valence-electron chi connectivity index (χ2n) is 6.62. The number of amides is 1. The average Bonchev–Trinajstić information content (AvgIpc) is 2.60. The van der Waals surface area contributed by atoms with Crippen LogP contribution in [0.15, 0.2) is 36.5 Å². The molecule has 138 valence electrons. The Hall–Kier alpha value is -2.57. The zero-order valence-corrected chi connectivity index (χ0v) is 14.7. The first-order valence-electron chi connectivity index (χ1n) is 8.45. The minimum Gasteiger partial charge on any atom is -0.331 e. The first-order valence-corrected chi connectivity index (χ1v) is 8.45. The Balaban J connectivity index is 1.64. The number of benzene rings is 1. The van der Waals surface area contributed by atoms with Crippen LogP contribution in [-0.2, 0) is 6.18 Å². The largest absolute Gasteiger partial charge is 0.419 e. The fourth-order valence-corrected chi connectivity index (χ4v) is 3.22. The highest BCUT2D eigenvalue weighted by molar-refractivity contribution is 5.94. The van der Waals surface area contributed by atoms with Crippen molar-refractivity contribution in [3.05, 3.63) is 58.8 Å². The summed E-state index contributed by atoms with van der Waals surface area (Å²) >= 11 is 0. The van der Waals surface area contributed by atoms with Crippen molar-refractivity contribution in [1.82, 2.24) is 4.90 Å². The van der Waals surface area contributed by atoms with Crippen LogP contribution in [0.1, 0.15) is 27.0 Å². The van der Waals surface area contributed by atoms with Gasteiger partial charge in [-0.1, -0.05) is 17.2 Å². The van der Waals surface area contributed by atoms with Crippen molar-refractivity contribution in [2.75, 3.05) is 31.1 Å². The normalized spacial score (nSPS) is 15.3. The summed E-state index contributed by atoms with van der Waals surface area (Å²) in [6, 6.07) is 8.29. The molecular weight excluding hydrogens is 343 g/mol. The van der Waals surface area contributed by atoms with E-state index in [1.807, 2.05) is 36.9 Å². The molecule has 1 fully saturated rings. The number of carbonyl (C=O) groups is 1. The lowest BCUT2D eigenvalue weighted by Crippen LogP contribution is -2.50. The molecule has 0 aliphatic carbocycles. The summed E-state index contributed by atoms with van der Waals surface area (Å²) in [7, 11) is 0. The molecule has 1 aliphatic heterocycles. The van der Waals surface area contributed by atoms with E-state index in [9.17, 15) is 18.0 Å². The second-order valence-corrected chi connectivity index (χ2v) is 6.62. The van der Waals surface area contributed by atoms with E-state index >= 15 is 0 Å². The van der Waals surface area contributed by atoms with Crippen LogP contribution in [0.2, 0.25) is 0 Å². The molecule has 0 atom stereocenters. The Bertz CT molecular complexity index is 774. The third-order valence-electron chi connectivity index (χ3n) is 4.50. The molecule has 3 rings (SSSR count). The Kier molecular flexibility index (Phi) is 4.89. The number of halogens is 3. The summed E-state index contributed by atoms with van der Waals surface area (Å²) in [4.78, 5) is 19.1. The van der Waals surface area contributed by atoms with Crippen LogP contribution >= 0.6 is 0 Å². The van der Waals surface area contributed by atoms with E-state index < -0.39 is 11.7 Å². The summed E-state index contributed by atoms with van der Waals surface area (Å²) in [5, 5.41) is 0. The van der Waals surface area contributed by atoms with E-state index in [1.54, 1.807) is 4.90 Å². The number of pyridine rings is 1. The average molecular weight is 364 g/mol. The van der Waals surface area contributed by atoms with E-state index in [0.29, 0.717) is 37.6 Å². The van der Waals surface area contributed by atoms with Crippen molar-refractivity contribution in [2.45, 2.75) is 20.0 Å². The molecule has 0 bridgehead atoms. The third kappa shape index (κ3) is 3.98. The van der Waals surface area contributed by atoms with Gasteiger partial charge in [0.25, 0.3) is 11.7 Å². The number of aromatic nitrogens is 1. The number of nitrogens with zero attached hydrogens (tertiary/aromatic N) is 2. The molecule has 1 aromatic carbocycles. The van der Waals surface area contributed by atoms with Gasteiger partial charge in [0.15, 0.2) is 0 Å². The summed E-state index contributed by atoms with van der Waals surface area (Å²) < 4.78 is 37.9. The molecule has 2 aromatic rings. The lowest BCUT2D eigenvalue weighted by molar-refractivity contribution is -0.367. The molecular formula is C19H21F3N3O+. The Labute approximate surface area is 150 Å². The van der Waals surface area contributed by atoms with Crippen LogP contribution in [0.5, 0.6) is 0 Å². The van der Waals surface area contributed by atoms with Crippen molar-refractivity contribution >= 4 is 11.7 Å². The van der Waals surface area contributed by atoms with Gasteiger partial charge in [0.2, 0.25) is 0 Å². The van der Waals surface area contributed by atoms with Crippen LogP contribution < -0.4 is 9.88 Å². The minimum atomic E-state index is -4.36. The van der Waals surface area contributed by atoms with Crippen LogP contribution in [0, 0.1) is 13.8 Å². The molecule has 1 saturated heterocycles. The van der Waals surface area contributed by atoms with Crippen LogP contribution in [-0.4, -0.2) is 37.0 Å². The van der Waals surface area contributed by atoms with Gasteiger partial charge in [-0.2, -0.15) is 13.2 Å². The van der Waals surface area contributed by atoms with Gasteiger partial charge in [-0.05, 0) is 32.0 Å². The first kappa shape index (κ1) is 18.2. The van der Waals surface area contributed by atoms with Crippen LogP contribution in [0.4, 0.5) is 19.0 Å². The number of anilines is 1. The maximum absolute atomic E-state index is 12.7. The SMILES string of the molecule is Cc1cc(C)cc(C(=O)N2CCN(c3ccc(C(F)(F)F)c[nH+]3)CC2)c1. The zero-order valence-electron chi connectivity index (χ0n) is 14.7. The van der Waals surface area contributed by atoms with Crippen molar-refractivity contribution in [3.63, 3.8) is 0 Å². The van der Waals surface area contributed by atoms with Gasteiger partial charge in [0.1, 0.15) is 19.3 Å². The zero-order chi connectivity index (χ0) is 18.9. The highest BCUT2D eigenvalue weighted by Gasteiger charge is 2.33. The molecule has 2 heterocycles. The van der Waals surface area contributed by atoms with Crippen LogP contribution in [0.25, 0.3) is 0 Å². The fraction of sp³-hybridized carbons (Fsp3) is 0.368. The molecule has 1 aliphatic rings. The monoisotopic (exact) mass is 364 g/mol. The number of H-pyrrole nitrogens is 1. The van der Waals surface area contributed by atoms with Gasteiger partial charge in [0.05, 0.1) is 18.7 Å². The van der Waals surface area contributed by atoms with Crippen molar-refractivity contribution in [2.24, 2.45) is 0 Å². The molecule has 0 saturated carbocycles. The van der Waals surface area contributed by atoms with Crippen molar-refractivity contribution in [1.29, 1.82) is 0 Å². The molecule has 0 unspecified atom stereocenters. The molecule has 4 nitrogen and oxygen atoms in total. The number of hydrogen-bond acceptors (Lipinski definition) is 2. The molecule has 0 spiro atoms. The number of carbonyl (C=O) groups excluding carboxylic acids is 1. The van der Waals surface area contributed by atoms with Gasteiger partial charge in [-0.25, -0.2) is 4.98 Å². The third-order valence-corrected chi connectivity index (χ3v) is 4.50. The number of rotatable bonds is 2. The van der Waals surface area contributed by atoms with Gasteiger partial charge in [-0.3, -0.25) is 9.69 Å². The fourth-order valence-electron chi connectivity index (χ4n) is 3.22. The number of piperazine rings is 1. The Morgan fingerprint density at radius 2 is 1.62 bits per heavy atom. The number of nitrogens with one attached hydrogen (secondary N) is 1. The lowest BCUT2D eigenvalue weighted by Gasteiger charge is -2.31. The minimum absolute atomic E-state index is 0.00662. The Morgan fingerprint density at radius 1 is 1.00 bits per heavy atom. The number of aryl methyl sites for hydroxylation is 2. The standard InChI is InChI=1S/C19H20F3N3O/c1-13-9-14(2)11-15(10-13)18(26)25-7-5-24(6-8-25)17-4-3-16(12-23-17)19(20,21)22/h3-4,9-12H,5-8H2,1-2H3/p+1. The quantitative estimate of drug-likeness (QED) is 0.821. The van der Waals surface area contributed by atoms with Crippen LogP contribution in [0.3, 0.4) is 0 Å². The first-order chi connectivity index (χ1) is 12.2. The second kappa shape index (κ2) is 6.97. The summed E-state index contributed by atoms with van der Waals surface area (Å²) in [5.74, 6) is 0.615.